The molecule has 0 aliphatic heterocycles. The summed E-state index contributed by atoms with van der Waals surface area (Å²) >= 11 is 11.0. The number of oxime groups is 1. The summed E-state index contributed by atoms with van der Waals surface area (Å²) in [4.78, 5) is 11.3. The van der Waals surface area contributed by atoms with Crippen molar-refractivity contribution in [1.29, 1.82) is 0 Å². The molecule has 0 radical (unpaired) electrons. The summed E-state index contributed by atoms with van der Waals surface area (Å²) in [6, 6.07) is 6.54. The number of nitrogens with zero attached hydrogens (tertiary/aromatic N) is 1. The quantitative estimate of drug-likeness (QED) is 0.286. The molecule has 3 nitrogen and oxygen atoms in total. The number of carbonyl (C=O) groups is 1. The number of ketones is 1. The lowest BCUT2D eigenvalue weighted by atomic mass is 10.1. The summed E-state index contributed by atoms with van der Waals surface area (Å²) in [6.45, 7) is 0. The number of benzene rings is 1. The van der Waals surface area contributed by atoms with Gasteiger partial charge in [-0.05, 0) is 0 Å². The molecule has 0 atom stereocenters. The van der Waals surface area contributed by atoms with Crippen molar-refractivity contribution >= 4 is 34.2 Å². The van der Waals surface area contributed by atoms with E-state index < -0.39 is 0 Å². The molecule has 1 aromatic carbocycles. The van der Waals surface area contributed by atoms with Gasteiger partial charge >= 0.3 is 0 Å². The second kappa shape index (κ2) is 4.98. The van der Waals surface area contributed by atoms with Crippen LogP contribution in [0.15, 0.2) is 29.4 Å². The second-order valence-electron chi connectivity index (χ2n) is 2.49. The maximum atomic E-state index is 11.3. The van der Waals surface area contributed by atoms with Crippen molar-refractivity contribution in [3.63, 3.8) is 0 Å². The zero-order valence-corrected chi connectivity index (χ0v) is 8.59. The zero-order chi connectivity index (χ0) is 10.6. The first-order valence-electron chi connectivity index (χ1n) is 3.76. The van der Waals surface area contributed by atoms with Crippen molar-refractivity contribution in [3.05, 3.63) is 35.4 Å². The molecule has 1 N–H and O–H groups in total. The van der Waals surface area contributed by atoms with Crippen LogP contribution in [0.25, 0.3) is 0 Å². The fourth-order valence-electron chi connectivity index (χ4n) is 1.03. The molecule has 0 aliphatic rings. The van der Waals surface area contributed by atoms with E-state index in [1.165, 1.54) is 0 Å². The number of halogens is 2. The zero-order valence-electron chi connectivity index (χ0n) is 7.08. The minimum Gasteiger partial charge on any atom is -0.410 e. The van der Waals surface area contributed by atoms with Gasteiger partial charge < -0.3 is 5.21 Å². The molecule has 1 rings (SSSR count). The molecular formula is C9H7Cl2NO2. The summed E-state index contributed by atoms with van der Waals surface area (Å²) in [5.74, 6) is -0.392. The maximum Gasteiger partial charge on any atom is 0.178 e. The molecule has 0 fully saturated rings. The van der Waals surface area contributed by atoms with E-state index >= 15 is 0 Å². The number of Topliss-reactive ketones (excluding diaryl/α,β-unsaturated/α-hetero) is 1. The molecule has 0 saturated carbocycles. The van der Waals surface area contributed by atoms with Crippen LogP contribution in [-0.2, 0) is 0 Å². The molecule has 5 heteroatoms. The summed E-state index contributed by atoms with van der Waals surface area (Å²) in [7, 11) is 0. The fraction of sp³-hybridized carbons (Fsp3) is 0.111. The van der Waals surface area contributed by atoms with E-state index in [4.69, 9.17) is 28.4 Å². The Balaban J connectivity index is 3.23. The van der Waals surface area contributed by atoms with E-state index in [9.17, 15) is 4.79 Å². The first-order valence-corrected chi connectivity index (χ1v) is 4.68. The lowest BCUT2D eigenvalue weighted by Crippen LogP contribution is -2.07. The minimum atomic E-state index is -0.260. The smallest absolute Gasteiger partial charge is 0.178 e. The van der Waals surface area contributed by atoms with Crippen LogP contribution in [0, 0.1) is 0 Å². The Morgan fingerprint density at radius 2 is 1.93 bits per heavy atom. The number of alkyl halides is 1. The third-order valence-electron chi connectivity index (χ3n) is 1.66. The van der Waals surface area contributed by atoms with Crippen molar-refractivity contribution < 1.29 is 10.0 Å². The summed E-state index contributed by atoms with van der Waals surface area (Å²) in [6.07, 6.45) is 0. The Labute approximate surface area is 90.9 Å². The van der Waals surface area contributed by atoms with Crippen molar-refractivity contribution in [2.24, 2.45) is 5.16 Å². The molecule has 0 unspecified atom stereocenters. The van der Waals surface area contributed by atoms with Crippen molar-refractivity contribution in [2.75, 3.05) is 5.88 Å². The summed E-state index contributed by atoms with van der Waals surface area (Å²) in [5.41, 5.74) is 0.729. The Morgan fingerprint density at radius 1 is 1.36 bits per heavy atom. The maximum absolute atomic E-state index is 11.3. The van der Waals surface area contributed by atoms with Gasteiger partial charge in [-0.3, -0.25) is 4.79 Å². The molecule has 0 heterocycles. The molecule has 0 aromatic heterocycles. The molecule has 14 heavy (non-hydrogen) atoms. The predicted octanol–water partition coefficient (Wildman–Crippen LogP) is 2.48. The average molecular weight is 232 g/mol. The highest BCUT2D eigenvalue weighted by Gasteiger charge is 2.12. The minimum absolute atomic E-state index is 0.126. The molecule has 0 amide bonds. The van der Waals surface area contributed by atoms with Crippen molar-refractivity contribution in [2.45, 2.75) is 0 Å². The number of hydrogen-bond donors (Lipinski definition) is 1. The van der Waals surface area contributed by atoms with Gasteiger partial charge in [-0.25, -0.2) is 0 Å². The van der Waals surface area contributed by atoms with Crippen LogP contribution in [0.1, 0.15) is 15.9 Å². The fourth-order valence-corrected chi connectivity index (χ4v) is 1.34. The SMILES string of the molecule is O=C(CCl)c1ccccc1C(Cl)=NO. The second-order valence-corrected chi connectivity index (χ2v) is 3.12. The molecular weight excluding hydrogens is 225 g/mol. The largest absolute Gasteiger partial charge is 0.410 e. The van der Waals surface area contributed by atoms with Gasteiger partial charge in [0.25, 0.3) is 0 Å². The molecule has 0 bridgehead atoms. The third kappa shape index (κ3) is 2.25. The number of carbonyl (C=O) groups excluding carboxylic acids is 1. The standard InChI is InChI=1S/C9H7Cl2NO2/c10-5-8(13)6-3-1-2-4-7(6)9(11)12-14/h1-4,14H,5H2. The van der Waals surface area contributed by atoms with Crippen LogP contribution in [0.3, 0.4) is 0 Å². The van der Waals surface area contributed by atoms with Crippen LogP contribution < -0.4 is 0 Å². The molecule has 0 aliphatic carbocycles. The van der Waals surface area contributed by atoms with Crippen LogP contribution in [0.2, 0.25) is 0 Å². The highest BCUT2D eigenvalue weighted by atomic mass is 35.5. The van der Waals surface area contributed by atoms with E-state index in [1.54, 1.807) is 24.3 Å². The molecule has 1 aromatic rings. The van der Waals surface area contributed by atoms with E-state index in [2.05, 4.69) is 5.16 Å². The first kappa shape index (κ1) is 11.0. The Hall–Kier alpha value is -1.06. The molecule has 74 valence electrons. The van der Waals surface area contributed by atoms with E-state index in [1.807, 2.05) is 0 Å². The highest BCUT2D eigenvalue weighted by molar-refractivity contribution is 6.70. The van der Waals surface area contributed by atoms with Crippen LogP contribution >= 0.6 is 23.2 Å². The van der Waals surface area contributed by atoms with E-state index in [-0.39, 0.29) is 16.8 Å². The van der Waals surface area contributed by atoms with Crippen LogP contribution in [0.5, 0.6) is 0 Å². The Morgan fingerprint density at radius 3 is 2.43 bits per heavy atom. The molecule has 0 spiro atoms. The van der Waals surface area contributed by atoms with Gasteiger partial charge in [0, 0.05) is 11.1 Å². The predicted molar refractivity (Wildman–Crippen MR) is 55.7 cm³/mol. The summed E-state index contributed by atoms with van der Waals surface area (Å²) in [5, 5.41) is 11.2. The lowest BCUT2D eigenvalue weighted by molar-refractivity contribution is 0.102. The lowest BCUT2D eigenvalue weighted by Gasteiger charge is -2.03. The van der Waals surface area contributed by atoms with Gasteiger partial charge in [-0.1, -0.05) is 41.0 Å². The monoisotopic (exact) mass is 231 g/mol. The Bertz CT molecular complexity index is 377. The highest BCUT2D eigenvalue weighted by Crippen LogP contribution is 2.13. The van der Waals surface area contributed by atoms with Gasteiger partial charge in [-0.2, -0.15) is 0 Å². The van der Waals surface area contributed by atoms with Crippen LogP contribution in [-0.4, -0.2) is 22.0 Å². The Kier molecular flexibility index (Phi) is 3.92. The number of hydrogen-bond acceptors (Lipinski definition) is 3. The normalized spacial score (nSPS) is 11.4. The van der Waals surface area contributed by atoms with Crippen molar-refractivity contribution in [1.82, 2.24) is 0 Å². The van der Waals surface area contributed by atoms with Crippen molar-refractivity contribution in [3.8, 4) is 0 Å². The van der Waals surface area contributed by atoms with Gasteiger partial charge in [0.05, 0.1) is 5.88 Å². The first-order chi connectivity index (χ1) is 6.70. The van der Waals surface area contributed by atoms with E-state index in [0.29, 0.717) is 11.1 Å². The average Bonchev–Trinajstić information content (AvgIpc) is 2.27. The van der Waals surface area contributed by atoms with Gasteiger partial charge in [0.15, 0.2) is 11.0 Å². The number of rotatable bonds is 3. The summed E-state index contributed by atoms with van der Waals surface area (Å²) < 4.78 is 0. The van der Waals surface area contributed by atoms with Gasteiger partial charge in [-0.15, -0.1) is 11.6 Å². The van der Waals surface area contributed by atoms with E-state index in [0.717, 1.165) is 0 Å². The van der Waals surface area contributed by atoms with Gasteiger partial charge in [0.2, 0.25) is 0 Å². The third-order valence-corrected chi connectivity index (χ3v) is 2.18. The molecule has 0 saturated heterocycles. The topological polar surface area (TPSA) is 49.7 Å². The van der Waals surface area contributed by atoms with Crippen LogP contribution in [0.4, 0.5) is 0 Å². The van der Waals surface area contributed by atoms with Gasteiger partial charge in [0.1, 0.15) is 0 Å².